The normalized spacial score (nSPS) is 29.8. The molecule has 31 heavy (non-hydrogen) atoms. The summed E-state index contributed by atoms with van der Waals surface area (Å²) in [5.74, 6) is 1.87. The van der Waals surface area contributed by atoms with Gasteiger partial charge >= 0.3 is 12.6 Å². The van der Waals surface area contributed by atoms with Crippen molar-refractivity contribution in [1.29, 1.82) is 0 Å². The lowest BCUT2D eigenvalue weighted by molar-refractivity contribution is -0.124. The summed E-state index contributed by atoms with van der Waals surface area (Å²) < 4.78 is 28.9. The van der Waals surface area contributed by atoms with Gasteiger partial charge in [-0.25, -0.2) is 4.79 Å². The van der Waals surface area contributed by atoms with Crippen molar-refractivity contribution in [2.75, 3.05) is 7.05 Å². The zero-order valence-electron chi connectivity index (χ0n) is 18.1. The maximum Gasteiger partial charge on any atom is 0.387 e. The lowest BCUT2D eigenvalue weighted by Gasteiger charge is -2.56. The Hall–Kier alpha value is -2.22. The number of carbonyl (C=O) groups is 2. The van der Waals surface area contributed by atoms with Gasteiger partial charge in [-0.3, -0.25) is 15.0 Å². The molecule has 0 radical (unpaired) electrons. The van der Waals surface area contributed by atoms with Gasteiger partial charge in [-0.1, -0.05) is 12.1 Å². The molecule has 1 aromatic carbocycles. The lowest BCUT2D eigenvalue weighted by Crippen LogP contribution is -2.62. The second-order valence-corrected chi connectivity index (χ2v) is 9.75. The lowest BCUT2D eigenvalue weighted by atomic mass is 9.53. The van der Waals surface area contributed by atoms with Gasteiger partial charge in [0.2, 0.25) is 5.91 Å². The van der Waals surface area contributed by atoms with Crippen LogP contribution in [-0.4, -0.2) is 42.1 Å². The first-order valence-corrected chi connectivity index (χ1v) is 11.1. The summed E-state index contributed by atoms with van der Waals surface area (Å²) in [4.78, 5) is 27.0. The third kappa shape index (κ3) is 5.17. The van der Waals surface area contributed by atoms with Crippen LogP contribution in [-0.2, 0) is 11.3 Å². The molecule has 3 amide bonds. The first-order chi connectivity index (χ1) is 14.7. The average Bonchev–Trinajstić information content (AvgIpc) is 2.66. The van der Waals surface area contributed by atoms with Gasteiger partial charge in [0.1, 0.15) is 5.75 Å². The summed E-state index contributed by atoms with van der Waals surface area (Å²) >= 11 is 0. The molecule has 5 rings (SSSR count). The van der Waals surface area contributed by atoms with Crippen LogP contribution in [0.25, 0.3) is 0 Å². The molecule has 4 fully saturated rings. The predicted octanol–water partition coefficient (Wildman–Crippen LogP) is 3.90. The van der Waals surface area contributed by atoms with Crippen molar-refractivity contribution in [3.63, 3.8) is 0 Å². The molecule has 0 aliphatic heterocycles. The molecule has 0 heterocycles. The van der Waals surface area contributed by atoms with Crippen LogP contribution in [0, 0.1) is 17.8 Å². The van der Waals surface area contributed by atoms with E-state index in [1.165, 1.54) is 31.4 Å². The molecule has 1 unspecified atom stereocenters. The molecule has 6 nitrogen and oxygen atoms in total. The van der Waals surface area contributed by atoms with E-state index in [4.69, 9.17) is 0 Å². The Kier molecular flexibility index (Phi) is 6.19. The van der Waals surface area contributed by atoms with E-state index >= 15 is 0 Å². The first-order valence-electron chi connectivity index (χ1n) is 11.1. The summed E-state index contributed by atoms with van der Waals surface area (Å²) in [5, 5.41) is 5.67. The molecule has 4 saturated carbocycles. The summed E-state index contributed by atoms with van der Waals surface area (Å²) in [6.45, 7) is -0.691. The molecule has 4 aliphatic rings. The van der Waals surface area contributed by atoms with Gasteiger partial charge in [-0.05, 0) is 87.9 Å². The highest BCUT2D eigenvalue weighted by Gasteiger charge is 2.51. The molecular formula is C23H31F2N3O3. The van der Waals surface area contributed by atoms with E-state index in [1.807, 2.05) is 0 Å². The van der Waals surface area contributed by atoms with Crippen molar-refractivity contribution in [2.24, 2.45) is 17.8 Å². The molecular weight excluding hydrogens is 404 g/mol. The van der Waals surface area contributed by atoms with Gasteiger partial charge in [-0.15, -0.1) is 0 Å². The molecule has 8 heteroatoms. The summed E-state index contributed by atoms with van der Waals surface area (Å²) in [5.41, 5.74) is 0.706. The van der Waals surface area contributed by atoms with Crippen LogP contribution in [0.3, 0.4) is 0 Å². The number of rotatable bonds is 7. The van der Waals surface area contributed by atoms with E-state index in [0.29, 0.717) is 24.3 Å². The van der Waals surface area contributed by atoms with E-state index < -0.39 is 18.7 Å². The van der Waals surface area contributed by atoms with Crippen molar-refractivity contribution in [3.8, 4) is 5.75 Å². The minimum Gasteiger partial charge on any atom is -0.435 e. The van der Waals surface area contributed by atoms with Crippen molar-refractivity contribution >= 4 is 11.9 Å². The minimum absolute atomic E-state index is 0.0912. The fraction of sp³-hybridized carbons (Fsp3) is 0.652. The third-order valence-corrected chi connectivity index (χ3v) is 7.27. The highest BCUT2D eigenvalue weighted by atomic mass is 19.3. The monoisotopic (exact) mass is 435 g/mol. The molecule has 0 spiro atoms. The van der Waals surface area contributed by atoms with Crippen molar-refractivity contribution in [1.82, 2.24) is 15.5 Å². The molecule has 0 saturated heterocycles. The molecule has 4 aliphatic carbocycles. The minimum atomic E-state index is -2.86. The second-order valence-electron chi connectivity index (χ2n) is 9.75. The van der Waals surface area contributed by atoms with Gasteiger partial charge in [0.25, 0.3) is 0 Å². The molecule has 4 bridgehead atoms. The topological polar surface area (TPSA) is 70.7 Å². The highest BCUT2D eigenvalue weighted by molar-refractivity contribution is 5.97. The Morgan fingerprint density at radius 2 is 1.65 bits per heavy atom. The van der Waals surface area contributed by atoms with Crippen LogP contribution in [0.5, 0.6) is 5.75 Å². The Balaban J connectivity index is 1.27. The summed E-state index contributed by atoms with van der Waals surface area (Å²) in [6.07, 6.45) is 6.96. The summed E-state index contributed by atoms with van der Waals surface area (Å²) in [6, 6.07) is 5.37. The number of benzene rings is 1. The maximum absolute atomic E-state index is 12.6. The van der Waals surface area contributed by atoms with Crippen LogP contribution in [0.15, 0.2) is 24.3 Å². The number of amides is 3. The maximum atomic E-state index is 12.6. The number of hydrogen-bond acceptors (Lipinski definition) is 4. The number of ether oxygens (including phenoxy) is 1. The van der Waals surface area contributed by atoms with Gasteiger partial charge in [0, 0.05) is 12.1 Å². The van der Waals surface area contributed by atoms with E-state index in [1.54, 1.807) is 31.0 Å². The van der Waals surface area contributed by atoms with Gasteiger partial charge in [0.05, 0.1) is 6.04 Å². The standard InChI is InChI=1S/C23H31F2N3O3/c1-14(28(2)13-15-3-5-19(6-4-15)31-21(24)25)20(29)26-22(30)27-23-10-16-7-17(11-23)9-18(8-16)12-23/h3-6,14,16-18,21H,7-13H2,1-2H3,(H2,26,27,29,30). The second kappa shape index (κ2) is 8.73. The first kappa shape index (κ1) is 22.0. The van der Waals surface area contributed by atoms with E-state index in [0.717, 1.165) is 24.8 Å². The van der Waals surface area contributed by atoms with Gasteiger partial charge < -0.3 is 10.1 Å². The van der Waals surface area contributed by atoms with Crippen molar-refractivity contribution in [3.05, 3.63) is 29.8 Å². The number of imide groups is 1. The van der Waals surface area contributed by atoms with Gasteiger partial charge in [0.15, 0.2) is 0 Å². The Morgan fingerprint density at radius 3 is 2.16 bits per heavy atom. The number of halogens is 2. The number of urea groups is 1. The van der Waals surface area contributed by atoms with Crippen molar-refractivity contribution in [2.45, 2.75) is 70.2 Å². The molecule has 0 aromatic heterocycles. The van der Waals surface area contributed by atoms with Crippen LogP contribution < -0.4 is 15.4 Å². The van der Waals surface area contributed by atoms with E-state index in [9.17, 15) is 18.4 Å². The number of alkyl halides is 2. The smallest absolute Gasteiger partial charge is 0.387 e. The Labute approximate surface area is 181 Å². The zero-order valence-corrected chi connectivity index (χ0v) is 18.1. The van der Waals surface area contributed by atoms with E-state index in [2.05, 4.69) is 15.4 Å². The molecule has 170 valence electrons. The van der Waals surface area contributed by atoms with Gasteiger partial charge in [-0.2, -0.15) is 8.78 Å². The predicted molar refractivity (Wildman–Crippen MR) is 112 cm³/mol. The SMILES string of the molecule is CC(C(=O)NC(=O)NC12CC3CC(CC(C3)C1)C2)N(C)Cc1ccc(OC(F)F)cc1. The fourth-order valence-corrected chi connectivity index (χ4v) is 6.15. The number of carbonyl (C=O) groups excluding carboxylic acids is 2. The number of nitrogens with zero attached hydrogens (tertiary/aromatic N) is 1. The van der Waals surface area contributed by atoms with Crippen LogP contribution in [0.1, 0.15) is 51.0 Å². The Bertz CT molecular complexity index is 780. The van der Waals surface area contributed by atoms with Crippen molar-refractivity contribution < 1.29 is 23.1 Å². The third-order valence-electron chi connectivity index (χ3n) is 7.27. The largest absolute Gasteiger partial charge is 0.435 e. The quantitative estimate of drug-likeness (QED) is 0.682. The average molecular weight is 436 g/mol. The molecule has 1 aromatic rings. The Morgan fingerprint density at radius 1 is 1.10 bits per heavy atom. The molecule has 2 N–H and O–H groups in total. The highest BCUT2D eigenvalue weighted by Crippen LogP contribution is 2.55. The number of hydrogen-bond donors (Lipinski definition) is 2. The van der Waals surface area contributed by atoms with Crippen LogP contribution in [0.4, 0.5) is 13.6 Å². The number of nitrogens with one attached hydrogen (secondary N) is 2. The number of likely N-dealkylation sites (N-methyl/N-ethyl adjacent to an activating group) is 1. The van der Waals surface area contributed by atoms with Crippen LogP contribution >= 0.6 is 0 Å². The fourth-order valence-electron chi connectivity index (χ4n) is 6.15. The molecule has 1 atom stereocenters. The zero-order chi connectivity index (χ0) is 22.2. The van der Waals surface area contributed by atoms with Crippen LogP contribution in [0.2, 0.25) is 0 Å². The summed E-state index contributed by atoms with van der Waals surface area (Å²) in [7, 11) is 1.78. The van der Waals surface area contributed by atoms with E-state index in [-0.39, 0.29) is 17.2 Å².